The summed E-state index contributed by atoms with van der Waals surface area (Å²) in [4.78, 5) is 17.6. The van der Waals surface area contributed by atoms with Gasteiger partial charge in [0.25, 0.3) is 5.88 Å². The van der Waals surface area contributed by atoms with Crippen molar-refractivity contribution in [3.63, 3.8) is 0 Å². The van der Waals surface area contributed by atoms with E-state index in [-0.39, 0.29) is 34.5 Å². The van der Waals surface area contributed by atoms with E-state index < -0.39 is 0 Å². The summed E-state index contributed by atoms with van der Waals surface area (Å²) in [5.74, 6) is -0.523. The highest BCUT2D eigenvalue weighted by atomic mass is 16.5. The Morgan fingerprint density at radius 2 is 1.92 bits per heavy atom. The van der Waals surface area contributed by atoms with E-state index in [1.807, 2.05) is 6.92 Å². The first-order chi connectivity index (χ1) is 11.8. The Morgan fingerprint density at radius 3 is 2.64 bits per heavy atom. The van der Waals surface area contributed by atoms with Crippen molar-refractivity contribution in [2.24, 2.45) is 16.3 Å². The minimum absolute atomic E-state index is 0.138. The van der Waals surface area contributed by atoms with Gasteiger partial charge < -0.3 is 14.7 Å². The third-order valence-corrected chi connectivity index (χ3v) is 5.16. The van der Waals surface area contributed by atoms with E-state index in [9.17, 15) is 15.0 Å². The van der Waals surface area contributed by atoms with Gasteiger partial charge in [0.15, 0.2) is 11.5 Å². The zero-order valence-corrected chi connectivity index (χ0v) is 14.4. The molecule has 2 heterocycles. The van der Waals surface area contributed by atoms with Gasteiger partial charge in [-0.15, -0.1) is 0 Å². The minimum Gasteiger partial charge on any atom is -0.504 e. The first-order valence-corrected chi connectivity index (χ1v) is 8.35. The number of fused-ring (bicyclic) bond motifs is 2. The molecule has 0 saturated heterocycles. The second kappa shape index (κ2) is 5.18. The highest BCUT2D eigenvalue weighted by molar-refractivity contribution is 6.11. The number of aromatic nitrogens is 1. The van der Waals surface area contributed by atoms with Gasteiger partial charge in [-0.3, -0.25) is 4.79 Å². The molecule has 1 aliphatic heterocycles. The van der Waals surface area contributed by atoms with Gasteiger partial charge in [0.05, 0.1) is 17.2 Å². The van der Waals surface area contributed by atoms with Crippen LogP contribution in [0, 0.1) is 18.3 Å². The number of carbonyl (C=O) groups excluding carboxylic acids is 1. The average Bonchev–Trinajstić information content (AvgIpc) is 2.88. The van der Waals surface area contributed by atoms with Crippen molar-refractivity contribution in [2.75, 3.05) is 0 Å². The Labute approximate surface area is 145 Å². The highest BCUT2D eigenvalue weighted by Gasteiger charge is 2.47. The molecule has 1 aromatic heterocycles. The number of aliphatic imine (C=N–C) groups is 1. The Balaban J connectivity index is 1.92. The number of Topliss-reactive ketones (excluding diaryl/α,β-unsaturated/α-hetero) is 1. The number of ketones is 1. The number of aryl methyl sites for hydroxylation is 1. The summed E-state index contributed by atoms with van der Waals surface area (Å²) in [7, 11) is 0. The fourth-order valence-corrected chi connectivity index (χ4v) is 4.11. The molecule has 0 amide bonds. The fourth-order valence-electron chi connectivity index (χ4n) is 4.11. The molecule has 130 valence electrons. The fraction of sp³-hybridized carbons (Fsp3) is 0.421. The number of benzene rings is 1. The largest absolute Gasteiger partial charge is 0.504 e. The highest BCUT2D eigenvalue weighted by Crippen LogP contribution is 2.50. The molecular formula is C19H20N2O4. The second-order valence-electron chi connectivity index (χ2n) is 7.78. The molecule has 0 radical (unpaired) electrons. The van der Waals surface area contributed by atoms with Crippen molar-refractivity contribution in [3.8, 4) is 11.5 Å². The number of hydrogen-bond acceptors (Lipinski definition) is 6. The molecule has 4 rings (SSSR count). The molecule has 6 heteroatoms. The lowest BCUT2D eigenvalue weighted by atomic mass is 9.64. The van der Waals surface area contributed by atoms with Gasteiger partial charge in [0.2, 0.25) is 0 Å². The molecule has 1 fully saturated rings. The Hall–Kier alpha value is -2.63. The Morgan fingerprint density at radius 1 is 1.16 bits per heavy atom. The van der Waals surface area contributed by atoms with Crippen LogP contribution in [0.1, 0.15) is 49.4 Å². The summed E-state index contributed by atoms with van der Waals surface area (Å²) >= 11 is 0. The van der Waals surface area contributed by atoms with Crippen LogP contribution in [0.25, 0.3) is 0 Å². The molecule has 2 unspecified atom stereocenters. The van der Waals surface area contributed by atoms with Crippen LogP contribution >= 0.6 is 0 Å². The summed E-state index contributed by atoms with van der Waals surface area (Å²) in [6.45, 7) is 5.95. The standard InChI is InChI=1S/C19H20N2O4/c1-9-15-16(10-4-5-12(22)13(23)6-10)17-11(20-18(15)25-21-9)7-19(2,3)8-14(17)24/h4-6,16-17,22-23H,7-8H2,1-3H3. The maximum Gasteiger partial charge on any atom is 0.254 e. The van der Waals surface area contributed by atoms with Crippen LogP contribution in [0.4, 0.5) is 5.88 Å². The Kier molecular flexibility index (Phi) is 3.29. The molecule has 2 N–H and O–H groups in total. The van der Waals surface area contributed by atoms with E-state index in [0.717, 1.165) is 16.8 Å². The topological polar surface area (TPSA) is 95.9 Å². The first-order valence-electron chi connectivity index (χ1n) is 8.35. The molecule has 2 aromatic rings. The molecule has 1 saturated carbocycles. The number of hydrogen-bond donors (Lipinski definition) is 2. The smallest absolute Gasteiger partial charge is 0.254 e. The first kappa shape index (κ1) is 15.9. The normalized spacial score (nSPS) is 24.4. The van der Waals surface area contributed by atoms with Crippen LogP contribution < -0.4 is 0 Å². The van der Waals surface area contributed by atoms with E-state index in [0.29, 0.717) is 24.4 Å². The van der Waals surface area contributed by atoms with Crippen LogP contribution in [0.3, 0.4) is 0 Å². The van der Waals surface area contributed by atoms with Crippen molar-refractivity contribution in [2.45, 2.75) is 39.5 Å². The van der Waals surface area contributed by atoms with Crippen LogP contribution in [-0.2, 0) is 4.79 Å². The SMILES string of the molecule is Cc1noc2c1C(c1ccc(O)c(O)c1)C1C(=O)CC(C)(C)CC1=N2. The number of phenolic OH excluding ortho intramolecular Hbond substituents is 2. The third kappa shape index (κ3) is 2.44. The van der Waals surface area contributed by atoms with Gasteiger partial charge in [-0.05, 0) is 36.5 Å². The molecule has 2 aliphatic rings. The van der Waals surface area contributed by atoms with Crippen molar-refractivity contribution in [3.05, 3.63) is 35.0 Å². The van der Waals surface area contributed by atoms with E-state index in [1.165, 1.54) is 12.1 Å². The van der Waals surface area contributed by atoms with E-state index >= 15 is 0 Å². The maximum atomic E-state index is 13.0. The van der Waals surface area contributed by atoms with Gasteiger partial charge in [0.1, 0.15) is 5.78 Å². The summed E-state index contributed by atoms with van der Waals surface area (Å²) < 4.78 is 5.38. The average molecular weight is 340 g/mol. The van der Waals surface area contributed by atoms with Gasteiger partial charge in [-0.25, -0.2) is 4.99 Å². The molecule has 25 heavy (non-hydrogen) atoms. The van der Waals surface area contributed by atoms with Crippen molar-refractivity contribution in [1.82, 2.24) is 5.16 Å². The summed E-state index contributed by atoms with van der Waals surface area (Å²) in [6, 6.07) is 4.67. The molecule has 0 bridgehead atoms. The zero-order chi connectivity index (χ0) is 17.9. The summed E-state index contributed by atoms with van der Waals surface area (Å²) in [6.07, 6.45) is 1.19. The lowest BCUT2D eigenvalue weighted by Gasteiger charge is -2.39. The van der Waals surface area contributed by atoms with Crippen LogP contribution in [0.2, 0.25) is 0 Å². The van der Waals surface area contributed by atoms with Gasteiger partial charge in [-0.1, -0.05) is 25.1 Å². The molecule has 1 aliphatic carbocycles. The molecule has 2 atom stereocenters. The van der Waals surface area contributed by atoms with Crippen LogP contribution in [-0.4, -0.2) is 26.9 Å². The number of aromatic hydroxyl groups is 2. The molecule has 6 nitrogen and oxygen atoms in total. The van der Waals surface area contributed by atoms with Crippen molar-refractivity contribution >= 4 is 17.4 Å². The summed E-state index contributed by atoms with van der Waals surface area (Å²) in [5.41, 5.74) is 2.89. The monoisotopic (exact) mass is 340 g/mol. The van der Waals surface area contributed by atoms with E-state index in [2.05, 4.69) is 24.0 Å². The van der Waals surface area contributed by atoms with Crippen LogP contribution in [0.15, 0.2) is 27.7 Å². The van der Waals surface area contributed by atoms with Gasteiger partial charge >= 0.3 is 0 Å². The van der Waals surface area contributed by atoms with Gasteiger partial charge in [0, 0.05) is 18.1 Å². The van der Waals surface area contributed by atoms with Crippen molar-refractivity contribution in [1.29, 1.82) is 0 Å². The lowest BCUT2D eigenvalue weighted by Crippen LogP contribution is -2.42. The van der Waals surface area contributed by atoms with E-state index in [1.54, 1.807) is 6.07 Å². The van der Waals surface area contributed by atoms with Gasteiger partial charge in [-0.2, -0.15) is 0 Å². The summed E-state index contributed by atoms with van der Waals surface area (Å²) in [5, 5.41) is 23.6. The molecule has 0 spiro atoms. The minimum atomic E-state index is -0.387. The molecular weight excluding hydrogens is 320 g/mol. The third-order valence-electron chi connectivity index (χ3n) is 5.16. The number of rotatable bonds is 1. The second-order valence-corrected chi connectivity index (χ2v) is 7.78. The van der Waals surface area contributed by atoms with Crippen molar-refractivity contribution < 1.29 is 19.5 Å². The predicted octanol–water partition coefficient (Wildman–Crippen LogP) is 3.62. The lowest BCUT2D eigenvalue weighted by molar-refractivity contribution is -0.124. The van der Waals surface area contributed by atoms with Crippen LogP contribution in [0.5, 0.6) is 11.5 Å². The number of nitrogens with zero attached hydrogens (tertiary/aromatic N) is 2. The Bertz CT molecular complexity index is 910. The number of carbonyl (C=O) groups is 1. The maximum absolute atomic E-state index is 13.0. The predicted molar refractivity (Wildman–Crippen MR) is 91.5 cm³/mol. The van der Waals surface area contributed by atoms with E-state index in [4.69, 9.17) is 4.52 Å². The number of phenols is 2. The quantitative estimate of drug-likeness (QED) is 0.773. The molecule has 1 aromatic carbocycles. The zero-order valence-electron chi connectivity index (χ0n) is 14.4.